The summed E-state index contributed by atoms with van der Waals surface area (Å²) in [6.45, 7) is 5.06. The number of amides is 2. The standard InChI is InChI=1S/C21H27N5O3/c1-4-29-21(28)26-12-10-16(11-13-26)24-20(27)18-14-19(23-15(2)22-18)25(3)17-8-6-5-7-9-17/h5-9,14,16H,4,10-13H2,1-3H3,(H,24,27). The number of aryl methyl sites for hydroxylation is 1. The molecule has 8 heteroatoms. The summed E-state index contributed by atoms with van der Waals surface area (Å²) in [7, 11) is 1.91. The Balaban J connectivity index is 1.64. The number of carbonyl (C=O) groups is 2. The molecule has 2 amide bonds. The molecule has 1 aromatic carbocycles. The molecule has 2 heterocycles. The molecular formula is C21H27N5O3. The second kappa shape index (κ2) is 9.36. The van der Waals surface area contributed by atoms with Crippen molar-refractivity contribution in [3.05, 3.63) is 47.9 Å². The molecule has 0 bridgehead atoms. The van der Waals surface area contributed by atoms with E-state index in [4.69, 9.17) is 4.74 Å². The van der Waals surface area contributed by atoms with Crippen molar-refractivity contribution < 1.29 is 14.3 Å². The molecule has 1 aromatic heterocycles. The summed E-state index contributed by atoms with van der Waals surface area (Å²) in [6.07, 6.45) is 1.08. The fourth-order valence-electron chi connectivity index (χ4n) is 3.30. The van der Waals surface area contributed by atoms with Crippen molar-refractivity contribution in [1.82, 2.24) is 20.2 Å². The van der Waals surface area contributed by atoms with E-state index < -0.39 is 0 Å². The molecule has 1 aliphatic heterocycles. The van der Waals surface area contributed by atoms with Crippen LogP contribution in [-0.4, -0.2) is 59.7 Å². The van der Waals surface area contributed by atoms with Crippen molar-refractivity contribution in [1.29, 1.82) is 0 Å². The van der Waals surface area contributed by atoms with Crippen LogP contribution in [0.4, 0.5) is 16.3 Å². The van der Waals surface area contributed by atoms with E-state index in [9.17, 15) is 9.59 Å². The van der Waals surface area contributed by atoms with Crippen LogP contribution in [0.2, 0.25) is 0 Å². The maximum Gasteiger partial charge on any atom is 0.409 e. The number of anilines is 2. The van der Waals surface area contributed by atoms with Gasteiger partial charge in [-0.3, -0.25) is 4.79 Å². The number of hydrogen-bond acceptors (Lipinski definition) is 6. The topological polar surface area (TPSA) is 87.7 Å². The van der Waals surface area contributed by atoms with Crippen molar-refractivity contribution in [2.45, 2.75) is 32.7 Å². The summed E-state index contributed by atoms with van der Waals surface area (Å²) in [6, 6.07) is 11.5. The molecule has 0 saturated carbocycles. The van der Waals surface area contributed by atoms with Crippen LogP contribution < -0.4 is 10.2 Å². The Bertz CT molecular complexity index is 851. The van der Waals surface area contributed by atoms with Crippen LogP contribution in [0.1, 0.15) is 36.1 Å². The van der Waals surface area contributed by atoms with Gasteiger partial charge in [-0.05, 0) is 38.8 Å². The van der Waals surface area contributed by atoms with Gasteiger partial charge in [0.1, 0.15) is 17.3 Å². The van der Waals surface area contributed by atoms with Gasteiger partial charge in [0.2, 0.25) is 0 Å². The van der Waals surface area contributed by atoms with E-state index in [1.54, 1.807) is 24.8 Å². The zero-order chi connectivity index (χ0) is 20.8. The highest BCUT2D eigenvalue weighted by molar-refractivity contribution is 5.93. The lowest BCUT2D eigenvalue weighted by atomic mass is 10.1. The van der Waals surface area contributed by atoms with Crippen molar-refractivity contribution in [3.8, 4) is 0 Å². The normalized spacial score (nSPS) is 14.4. The quantitative estimate of drug-likeness (QED) is 0.835. The number of hydrogen-bond donors (Lipinski definition) is 1. The van der Waals surface area contributed by atoms with Crippen molar-refractivity contribution >= 4 is 23.5 Å². The molecule has 0 atom stereocenters. The second-order valence-electron chi connectivity index (χ2n) is 6.99. The third-order valence-electron chi connectivity index (χ3n) is 4.90. The first kappa shape index (κ1) is 20.6. The maximum absolute atomic E-state index is 12.8. The Morgan fingerprint density at radius 3 is 2.55 bits per heavy atom. The SMILES string of the molecule is CCOC(=O)N1CCC(NC(=O)c2cc(N(C)c3ccccc3)nc(C)n2)CC1. The average Bonchev–Trinajstić information content (AvgIpc) is 2.74. The zero-order valence-corrected chi connectivity index (χ0v) is 17.1. The number of aromatic nitrogens is 2. The molecule has 1 saturated heterocycles. The van der Waals surface area contributed by atoms with Crippen LogP contribution in [0.5, 0.6) is 0 Å². The number of likely N-dealkylation sites (tertiary alicyclic amines) is 1. The predicted octanol–water partition coefficient (Wildman–Crippen LogP) is 2.90. The van der Waals surface area contributed by atoms with E-state index in [-0.39, 0.29) is 18.0 Å². The minimum atomic E-state index is -0.294. The number of benzene rings is 1. The molecule has 154 valence electrons. The number of piperidine rings is 1. The lowest BCUT2D eigenvalue weighted by molar-refractivity contribution is 0.0856. The summed E-state index contributed by atoms with van der Waals surface area (Å²) < 4.78 is 5.03. The van der Waals surface area contributed by atoms with Crippen LogP contribution in [0, 0.1) is 6.92 Å². The van der Waals surface area contributed by atoms with Crippen molar-refractivity contribution in [2.75, 3.05) is 31.6 Å². The minimum Gasteiger partial charge on any atom is -0.450 e. The van der Waals surface area contributed by atoms with E-state index in [0.29, 0.717) is 49.9 Å². The molecule has 2 aromatic rings. The summed E-state index contributed by atoms with van der Waals surface area (Å²) >= 11 is 0. The minimum absolute atomic E-state index is 0.00116. The van der Waals surface area contributed by atoms with Gasteiger partial charge in [0.15, 0.2) is 0 Å². The second-order valence-corrected chi connectivity index (χ2v) is 6.99. The molecule has 29 heavy (non-hydrogen) atoms. The highest BCUT2D eigenvalue weighted by Gasteiger charge is 2.25. The molecule has 1 N–H and O–H groups in total. The molecule has 0 aliphatic carbocycles. The van der Waals surface area contributed by atoms with Gasteiger partial charge in [-0.2, -0.15) is 0 Å². The Morgan fingerprint density at radius 2 is 1.90 bits per heavy atom. The van der Waals surface area contributed by atoms with Crippen LogP contribution in [-0.2, 0) is 4.74 Å². The third kappa shape index (κ3) is 5.22. The fourth-order valence-corrected chi connectivity index (χ4v) is 3.30. The number of carbonyl (C=O) groups excluding carboxylic acids is 2. The molecule has 1 fully saturated rings. The Kier molecular flexibility index (Phi) is 6.64. The number of para-hydroxylation sites is 1. The molecule has 0 spiro atoms. The first-order valence-corrected chi connectivity index (χ1v) is 9.85. The monoisotopic (exact) mass is 397 g/mol. The molecule has 3 rings (SSSR count). The summed E-state index contributed by atoms with van der Waals surface area (Å²) in [5.41, 5.74) is 1.31. The lowest BCUT2D eigenvalue weighted by Gasteiger charge is -2.31. The van der Waals surface area contributed by atoms with E-state index in [1.807, 2.05) is 42.3 Å². The van der Waals surface area contributed by atoms with Gasteiger partial charge in [0.25, 0.3) is 5.91 Å². The Hall–Kier alpha value is -3.16. The van der Waals surface area contributed by atoms with Gasteiger partial charge in [0, 0.05) is 37.9 Å². The summed E-state index contributed by atoms with van der Waals surface area (Å²) in [5, 5.41) is 3.03. The predicted molar refractivity (Wildman–Crippen MR) is 110 cm³/mol. The highest BCUT2D eigenvalue weighted by atomic mass is 16.6. The third-order valence-corrected chi connectivity index (χ3v) is 4.90. The largest absolute Gasteiger partial charge is 0.450 e. The number of nitrogens with zero attached hydrogens (tertiary/aromatic N) is 4. The smallest absolute Gasteiger partial charge is 0.409 e. The van der Waals surface area contributed by atoms with Crippen LogP contribution in [0.25, 0.3) is 0 Å². The average molecular weight is 397 g/mol. The lowest BCUT2D eigenvalue weighted by Crippen LogP contribution is -2.46. The molecule has 0 radical (unpaired) electrons. The van der Waals surface area contributed by atoms with Crippen molar-refractivity contribution in [3.63, 3.8) is 0 Å². The highest BCUT2D eigenvalue weighted by Crippen LogP contribution is 2.22. The van der Waals surface area contributed by atoms with Gasteiger partial charge < -0.3 is 19.9 Å². The summed E-state index contributed by atoms with van der Waals surface area (Å²) in [4.78, 5) is 36.9. The number of nitrogens with one attached hydrogen (secondary N) is 1. The van der Waals surface area contributed by atoms with Gasteiger partial charge in [-0.25, -0.2) is 14.8 Å². The first-order chi connectivity index (χ1) is 14.0. The Morgan fingerprint density at radius 1 is 1.21 bits per heavy atom. The van der Waals surface area contributed by atoms with Gasteiger partial charge in [-0.1, -0.05) is 18.2 Å². The van der Waals surface area contributed by atoms with Crippen molar-refractivity contribution in [2.24, 2.45) is 0 Å². The Labute approximate surface area is 170 Å². The van der Waals surface area contributed by atoms with E-state index in [2.05, 4.69) is 15.3 Å². The van der Waals surface area contributed by atoms with E-state index in [0.717, 1.165) is 5.69 Å². The molecule has 0 unspecified atom stereocenters. The van der Waals surface area contributed by atoms with Gasteiger partial charge in [-0.15, -0.1) is 0 Å². The summed E-state index contributed by atoms with van der Waals surface area (Å²) in [5.74, 6) is 0.964. The fraction of sp³-hybridized carbons (Fsp3) is 0.429. The number of rotatable bonds is 5. The van der Waals surface area contributed by atoms with Gasteiger partial charge >= 0.3 is 6.09 Å². The van der Waals surface area contributed by atoms with Crippen LogP contribution >= 0.6 is 0 Å². The van der Waals surface area contributed by atoms with Gasteiger partial charge in [0.05, 0.1) is 6.61 Å². The first-order valence-electron chi connectivity index (χ1n) is 9.85. The van der Waals surface area contributed by atoms with Crippen LogP contribution in [0.3, 0.4) is 0 Å². The molecule has 8 nitrogen and oxygen atoms in total. The van der Waals surface area contributed by atoms with Crippen LogP contribution in [0.15, 0.2) is 36.4 Å². The maximum atomic E-state index is 12.8. The zero-order valence-electron chi connectivity index (χ0n) is 17.1. The number of ether oxygens (including phenoxy) is 1. The van der Waals surface area contributed by atoms with E-state index in [1.165, 1.54) is 0 Å². The van der Waals surface area contributed by atoms with E-state index >= 15 is 0 Å². The molecule has 1 aliphatic rings. The molecular weight excluding hydrogens is 370 g/mol.